The average Bonchev–Trinajstić information content (AvgIpc) is 2.74. The second-order valence-corrected chi connectivity index (χ2v) is 4.46. The highest BCUT2D eigenvalue weighted by Gasteiger charge is 2.13. The maximum atomic E-state index is 11.7. The standard InChI is InChI=1S/C13H14ClNO/c14-11-5-7-12(8-6-11)15-13(16)9-10-3-1-2-4-10/h1,3,5-8,10H,2,4,9H2,(H,15,16)/t10-/m1/s1. The number of benzene rings is 1. The summed E-state index contributed by atoms with van der Waals surface area (Å²) in [5, 5.41) is 3.54. The van der Waals surface area contributed by atoms with Crippen LogP contribution in [0.5, 0.6) is 0 Å². The molecule has 0 bridgehead atoms. The lowest BCUT2D eigenvalue weighted by atomic mass is 10.1. The molecule has 0 aromatic heterocycles. The lowest BCUT2D eigenvalue weighted by Gasteiger charge is -2.08. The number of nitrogens with one attached hydrogen (secondary N) is 1. The van der Waals surface area contributed by atoms with Gasteiger partial charge in [0.05, 0.1) is 0 Å². The van der Waals surface area contributed by atoms with Gasteiger partial charge in [0.1, 0.15) is 0 Å². The SMILES string of the molecule is O=C(C[C@@H]1C=CCC1)Nc1ccc(Cl)cc1. The first-order valence-electron chi connectivity index (χ1n) is 5.46. The summed E-state index contributed by atoms with van der Waals surface area (Å²) in [5.74, 6) is 0.478. The Kier molecular flexibility index (Phi) is 3.62. The van der Waals surface area contributed by atoms with E-state index in [1.807, 2.05) is 12.1 Å². The van der Waals surface area contributed by atoms with Gasteiger partial charge in [0.2, 0.25) is 5.91 Å². The number of rotatable bonds is 3. The lowest BCUT2D eigenvalue weighted by Crippen LogP contribution is -2.14. The highest BCUT2D eigenvalue weighted by atomic mass is 35.5. The van der Waals surface area contributed by atoms with E-state index in [1.165, 1.54) is 0 Å². The van der Waals surface area contributed by atoms with Crippen molar-refractivity contribution in [3.63, 3.8) is 0 Å². The van der Waals surface area contributed by atoms with Crippen molar-refractivity contribution in [1.82, 2.24) is 0 Å². The Bertz CT molecular complexity index is 397. The Morgan fingerprint density at radius 2 is 2.12 bits per heavy atom. The fourth-order valence-corrected chi connectivity index (χ4v) is 1.97. The Hall–Kier alpha value is -1.28. The smallest absolute Gasteiger partial charge is 0.224 e. The number of carbonyl (C=O) groups excluding carboxylic acids is 1. The number of allylic oxidation sites excluding steroid dienone is 2. The third kappa shape index (κ3) is 3.11. The summed E-state index contributed by atoms with van der Waals surface area (Å²) in [4.78, 5) is 11.7. The molecule has 1 atom stereocenters. The molecule has 0 spiro atoms. The third-order valence-corrected chi connectivity index (χ3v) is 2.94. The van der Waals surface area contributed by atoms with Crippen molar-refractivity contribution in [2.75, 3.05) is 5.32 Å². The molecule has 0 aliphatic heterocycles. The quantitative estimate of drug-likeness (QED) is 0.797. The normalized spacial score (nSPS) is 18.7. The highest BCUT2D eigenvalue weighted by Crippen LogP contribution is 2.21. The van der Waals surface area contributed by atoms with Crippen LogP contribution in [-0.4, -0.2) is 5.91 Å². The van der Waals surface area contributed by atoms with E-state index in [1.54, 1.807) is 12.1 Å². The lowest BCUT2D eigenvalue weighted by molar-refractivity contribution is -0.116. The van der Waals surface area contributed by atoms with Gasteiger partial charge in [0.15, 0.2) is 0 Å². The Morgan fingerprint density at radius 1 is 1.38 bits per heavy atom. The fourth-order valence-electron chi connectivity index (χ4n) is 1.85. The number of carbonyl (C=O) groups is 1. The fraction of sp³-hybridized carbons (Fsp3) is 0.308. The molecule has 0 unspecified atom stereocenters. The molecular formula is C13H14ClNO. The molecule has 0 heterocycles. The van der Waals surface area contributed by atoms with Crippen LogP contribution in [-0.2, 0) is 4.79 Å². The topological polar surface area (TPSA) is 29.1 Å². The molecule has 0 saturated carbocycles. The van der Waals surface area contributed by atoms with Crippen molar-refractivity contribution in [2.24, 2.45) is 5.92 Å². The molecule has 1 aromatic carbocycles. The van der Waals surface area contributed by atoms with Crippen LogP contribution in [0.4, 0.5) is 5.69 Å². The zero-order valence-electron chi connectivity index (χ0n) is 8.95. The number of halogens is 1. The molecule has 0 radical (unpaired) electrons. The molecule has 2 rings (SSSR count). The molecule has 1 N–H and O–H groups in total. The van der Waals surface area contributed by atoms with E-state index in [0.717, 1.165) is 18.5 Å². The summed E-state index contributed by atoms with van der Waals surface area (Å²) in [5.41, 5.74) is 0.802. The molecular weight excluding hydrogens is 222 g/mol. The van der Waals surface area contributed by atoms with Crippen molar-refractivity contribution in [3.05, 3.63) is 41.4 Å². The van der Waals surface area contributed by atoms with E-state index in [9.17, 15) is 4.79 Å². The van der Waals surface area contributed by atoms with E-state index in [-0.39, 0.29) is 5.91 Å². The van der Waals surface area contributed by atoms with Crippen LogP contribution >= 0.6 is 11.6 Å². The molecule has 1 aliphatic carbocycles. The maximum absolute atomic E-state index is 11.7. The van der Waals surface area contributed by atoms with E-state index in [4.69, 9.17) is 11.6 Å². The molecule has 1 aliphatic rings. The van der Waals surface area contributed by atoms with Gasteiger partial charge in [-0.05, 0) is 43.0 Å². The molecule has 84 valence electrons. The van der Waals surface area contributed by atoms with Gasteiger partial charge < -0.3 is 5.32 Å². The number of hydrogen-bond donors (Lipinski definition) is 1. The predicted octanol–water partition coefficient (Wildman–Crippen LogP) is 3.63. The molecule has 3 heteroatoms. The zero-order valence-corrected chi connectivity index (χ0v) is 9.70. The molecule has 1 aromatic rings. The summed E-state index contributed by atoms with van der Waals surface area (Å²) in [6.07, 6.45) is 7.02. The van der Waals surface area contributed by atoms with Crippen LogP contribution in [0.25, 0.3) is 0 Å². The second-order valence-electron chi connectivity index (χ2n) is 4.02. The molecule has 16 heavy (non-hydrogen) atoms. The van der Waals surface area contributed by atoms with E-state index < -0.39 is 0 Å². The Balaban J connectivity index is 1.86. The van der Waals surface area contributed by atoms with Crippen LogP contribution < -0.4 is 5.32 Å². The summed E-state index contributed by atoms with van der Waals surface area (Å²) < 4.78 is 0. The average molecular weight is 236 g/mol. The summed E-state index contributed by atoms with van der Waals surface area (Å²) >= 11 is 5.76. The van der Waals surface area contributed by atoms with Crippen LogP contribution in [0.3, 0.4) is 0 Å². The number of hydrogen-bond acceptors (Lipinski definition) is 1. The van der Waals surface area contributed by atoms with Crippen LogP contribution in [0, 0.1) is 5.92 Å². The van der Waals surface area contributed by atoms with Gasteiger partial charge in [-0.1, -0.05) is 23.8 Å². The second kappa shape index (κ2) is 5.17. The monoisotopic (exact) mass is 235 g/mol. The minimum atomic E-state index is 0.0684. The minimum absolute atomic E-state index is 0.0684. The van der Waals surface area contributed by atoms with Gasteiger partial charge in [0, 0.05) is 17.1 Å². The first kappa shape index (κ1) is 11.2. The molecule has 0 saturated heterocycles. The Morgan fingerprint density at radius 3 is 2.75 bits per heavy atom. The van der Waals surface area contributed by atoms with Crippen molar-refractivity contribution < 1.29 is 4.79 Å². The highest BCUT2D eigenvalue weighted by molar-refractivity contribution is 6.30. The van der Waals surface area contributed by atoms with Crippen molar-refractivity contribution in [1.29, 1.82) is 0 Å². The van der Waals surface area contributed by atoms with E-state index >= 15 is 0 Å². The largest absolute Gasteiger partial charge is 0.326 e. The molecule has 1 amide bonds. The first-order valence-corrected chi connectivity index (χ1v) is 5.84. The third-order valence-electron chi connectivity index (χ3n) is 2.69. The predicted molar refractivity (Wildman–Crippen MR) is 66.6 cm³/mol. The van der Waals surface area contributed by atoms with Crippen LogP contribution in [0.2, 0.25) is 5.02 Å². The van der Waals surface area contributed by atoms with Gasteiger partial charge in [0.25, 0.3) is 0 Å². The first-order chi connectivity index (χ1) is 7.74. The molecule has 2 nitrogen and oxygen atoms in total. The minimum Gasteiger partial charge on any atom is -0.326 e. The van der Waals surface area contributed by atoms with Crippen LogP contribution in [0.15, 0.2) is 36.4 Å². The van der Waals surface area contributed by atoms with Crippen molar-refractivity contribution in [3.8, 4) is 0 Å². The number of amides is 1. The van der Waals surface area contributed by atoms with E-state index in [2.05, 4.69) is 17.5 Å². The maximum Gasteiger partial charge on any atom is 0.224 e. The zero-order chi connectivity index (χ0) is 11.4. The molecule has 0 fully saturated rings. The number of anilines is 1. The van der Waals surface area contributed by atoms with E-state index in [0.29, 0.717) is 17.4 Å². The summed E-state index contributed by atoms with van der Waals surface area (Å²) in [6, 6.07) is 7.16. The Labute approximate surface area is 100 Å². The summed E-state index contributed by atoms with van der Waals surface area (Å²) in [7, 11) is 0. The van der Waals surface area contributed by atoms with Crippen molar-refractivity contribution in [2.45, 2.75) is 19.3 Å². The van der Waals surface area contributed by atoms with Gasteiger partial charge in [-0.3, -0.25) is 4.79 Å². The van der Waals surface area contributed by atoms with Gasteiger partial charge in [-0.15, -0.1) is 0 Å². The van der Waals surface area contributed by atoms with Gasteiger partial charge in [-0.25, -0.2) is 0 Å². The van der Waals surface area contributed by atoms with Crippen LogP contribution in [0.1, 0.15) is 19.3 Å². The van der Waals surface area contributed by atoms with Gasteiger partial charge in [-0.2, -0.15) is 0 Å². The summed E-state index contributed by atoms with van der Waals surface area (Å²) in [6.45, 7) is 0. The van der Waals surface area contributed by atoms with Gasteiger partial charge >= 0.3 is 0 Å². The van der Waals surface area contributed by atoms with Crippen molar-refractivity contribution >= 4 is 23.2 Å².